The van der Waals surface area contributed by atoms with Crippen molar-refractivity contribution in [3.05, 3.63) is 22.6 Å². The largest absolute Gasteiger partial charge is 0.518 e. The Kier molecular flexibility index (Phi) is 1.53. The second kappa shape index (κ2) is 2.17. The summed E-state index contributed by atoms with van der Waals surface area (Å²) in [4.78, 5) is 10.1. The van der Waals surface area contributed by atoms with Crippen LogP contribution in [0.1, 0.15) is 5.76 Å². The molecule has 0 bridgehead atoms. The van der Waals surface area contributed by atoms with Crippen LogP contribution in [0.25, 0.3) is 0 Å². The highest BCUT2D eigenvalue weighted by Gasteiger charge is 1.95. The summed E-state index contributed by atoms with van der Waals surface area (Å²) in [5, 5.41) is 0.513. The summed E-state index contributed by atoms with van der Waals surface area (Å²) in [6, 6.07) is 0. The summed E-state index contributed by atoms with van der Waals surface area (Å²) in [7, 11) is 0. The van der Waals surface area contributed by atoms with Gasteiger partial charge >= 0.3 is 5.82 Å². The number of hydrogen-bond donors (Lipinski definition) is 0. The van der Waals surface area contributed by atoms with E-state index in [0.717, 1.165) is 0 Å². The Morgan fingerprint density at radius 2 is 2.50 bits per heavy atom. The summed E-state index contributed by atoms with van der Waals surface area (Å²) in [5.41, 5.74) is 0. The quantitative estimate of drug-likeness (QED) is 0.606. The smallest absolute Gasteiger partial charge is 0.399 e. The Morgan fingerprint density at radius 1 is 1.75 bits per heavy atom. The van der Waals surface area contributed by atoms with E-state index in [1.165, 1.54) is 6.26 Å². The second-order valence-electron chi connectivity index (χ2n) is 1.19. The molecular formula is C4H3BrO3. The standard InChI is InChI=1S/C4H3BrO3/c5-1-3-2-7-4(6)8-3/h2H,1H2. The van der Waals surface area contributed by atoms with Crippen LogP contribution in [0, 0.1) is 0 Å². The summed E-state index contributed by atoms with van der Waals surface area (Å²) in [6.07, 6.45) is 1.27. The van der Waals surface area contributed by atoms with Gasteiger partial charge in [0.1, 0.15) is 6.26 Å². The van der Waals surface area contributed by atoms with Crippen molar-refractivity contribution in [1.82, 2.24) is 0 Å². The maximum absolute atomic E-state index is 10.1. The van der Waals surface area contributed by atoms with E-state index >= 15 is 0 Å². The van der Waals surface area contributed by atoms with Crippen LogP contribution < -0.4 is 5.82 Å². The second-order valence-corrected chi connectivity index (χ2v) is 1.75. The van der Waals surface area contributed by atoms with Crippen LogP contribution in [0.3, 0.4) is 0 Å². The van der Waals surface area contributed by atoms with E-state index in [2.05, 4.69) is 24.8 Å². The SMILES string of the molecule is O=c1occ(CBr)o1. The van der Waals surface area contributed by atoms with Crippen molar-refractivity contribution in [1.29, 1.82) is 0 Å². The van der Waals surface area contributed by atoms with Crippen LogP contribution in [0.15, 0.2) is 19.9 Å². The highest BCUT2D eigenvalue weighted by atomic mass is 79.9. The first kappa shape index (κ1) is 5.62. The van der Waals surface area contributed by atoms with E-state index in [1.807, 2.05) is 0 Å². The molecule has 44 valence electrons. The molecule has 0 saturated heterocycles. The Balaban J connectivity index is 3.01. The molecular weight excluding hydrogens is 176 g/mol. The molecule has 8 heavy (non-hydrogen) atoms. The Labute approximate surface area is 53.4 Å². The van der Waals surface area contributed by atoms with Gasteiger partial charge in [-0.3, -0.25) is 0 Å². The monoisotopic (exact) mass is 178 g/mol. The molecule has 0 atom stereocenters. The zero-order valence-electron chi connectivity index (χ0n) is 3.89. The lowest BCUT2D eigenvalue weighted by Gasteiger charge is -1.73. The maximum atomic E-state index is 10.1. The topological polar surface area (TPSA) is 43.4 Å². The van der Waals surface area contributed by atoms with Gasteiger partial charge in [0.2, 0.25) is 0 Å². The van der Waals surface area contributed by atoms with Gasteiger partial charge in [-0.1, -0.05) is 15.9 Å². The van der Waals surface area contributed by atoms with Gasteiger partial charge in [-0.25, -0.2) is 4.79 Å². The lowest BCUT2D eigenvalue weighted by Crippen LogP contribution is -1.85. The summed E-state index contributed by atoms with van der Waals surface area (Å²) < 4.78 is 8.77. The molecule has 0 amide bonds. The molecule has 0 spiro atoms. The average molecular weight is 179 g/mol. The van der Waals surface area contributed by atoms with Crippen molar-refractivity contribution in [2.45, 2.75) is 5.33 Å². The predicted octanol–water partition coefficient (Wildman–Crippen LogP) is 1.13. The first-order valence-corrected chi connectivity index (χ1v) is 3.08. The van der Waals surface area contributed by atoms with Crippen LogP contribution >= 0.6 is 15.9 Å². The van der Waals surface area contributed by atoms with Crippen molar-refractivity contribution in [2.75, 3.05) is 0 Å². The molecule has 0 aliphatic heterocycles. The number of halogens is 1. The fourth-order valence-corrected chi connectivity index (χ4v) is 0.574. The molecule has 1 heterocycles. The normalized spacial score (nSPS) is 9.62. The van der Waals surface area contributed by atoms with Crippen molar-refractivity contribution in [3.8, 4) is 0 Å². The van der Waals surface area contributed by atoms with Gasteiger partial charge in [0.25, 0.3) is 0 Å². The van der Waals surface area contributed by atoms with E-state index in [1.54, 1.807) is 0 Å². The zero-order valence-corrected chi connectivity index (χ0v) is 5.47. The van der Waals surface area contributed by atoms with Crippen LogP contribution in [-0.4, -0.2) is 0 Å². The van der Waals surface area contributed by atoms with Gasteiger partial charge in [0.15, 0.2) is 5.76 Å². The fraction of sp³-hybridized carbons (Fsp3) is 0.250. The van der Waals surface area contributed by atoms with Crippen molar-refractivity contribution in [2.24, 2.45) is 0 Å². The van der Waals surface area contributed by atoms with E-state index < -0.39 is 5.82 Å². The molecule has 0 saturated carbocycles. The summed E-state index contributed by atoms with van der Waals surface area (Å²) in [5.74, 6) is -0.144. The molecule has 4 heteroatoms. The highest BCUT2D eigenvalue weighted by Crippen LogP contribution is 2.00. The average Bonchev–Trinajstić information content (AvgIpc) is 2.14. The molecule has 0 aliphatic carbocycles. The summed E-state index contributed by atoms with van der Waals surface area (Å²) >= 11 is 3.08. The lowest BCUT2D eigenvalue weighted by atomic mass is 10.6. The van der Waals surface area contributed by atoms with Crippen molar-refractivity contribution in [3.63, 3.8) is 0 Å². The fourth-order valence-electron chi connectivity index (χ4n) is 0.328. The van der Waals surface area contributed by atoms with E-state index in [4.69, 9.17) is 0 Å². The third-order valence-electron chi connectivity index (χ3n) is 0.633. The number of alkyl halides is 1. The molecule has 0 N–H and O–H groups in total. The van der Waals surface area contributed by atoms with Crippen molar-refractivity contribution < 1.29 is 8.83 Å². The third-order valence-corrected chi connectivity index (χ3v) is 1.19. The minimum absolute atomic E-state index is 0.509. The van der Waals surface area contributed by atoms with Crippen LogP contribution in [0.5, 0.6) is 0 Å². The third kappa shape index (κ3) is 1.01. The molecule has 1 aromatic rings. The Hall–Kier alpha value is -0.510. The number of hydrogen-bond acceptors (Lipinski definition) is 3. The highest BCUT2D eigenvalue weighted by molar-refractivity contribution is 9.08. The van der Waals surface area contributed by atoms with Gasteiger partial charge in [-0.05, 0) is 0 Å². The van der Waals surface area contributed by atoms with Crippen molar-refractivity contribution >= 4 is 15.9 Å². The molecule has 0 unspecified atom stereocenters. The molecule has 0 radical (unpaired) electrons. The van der Waals surface area contributed by atoms with E-state index in [-0.39, 0.29) is 0 Å². The van der Waals surface area contributed by atoms with Crippen LogP contribution in [0.2, 0.25) is 0 Å². The van der Waals surface area contributed by atoms with Crippen LogP contribution in [-0.2, 0) is 5.33 Å². The van der Waals surface area contributed by atoms with Crippen LogP contribution in [0.4, 0.5) is 0 Å². The maximum Gasteiger partial charge on any atom is 0.518 e. The first-order chi connectivity index (χ1) is 3.83. The van der Waals surface area contributed by atoms with Gasteiger partial charge < -0.3 is 8.83 Å². The Morgan fingerprint density at radius 3 is 2.75 bits per heavy atom. The number of rotatable bonds is 1. The predicted molar refractivity (Wildman–Crippen MR) is 29.9 cm³/mol. The first-order valence-electron chi connectivity index (χ1n) is 1.96. The molecule has 0 fully saturated rings. The molecule has 0 aliphatic rings. The van der Waals surface area contributed by atoms with E-state index in [9.17, 15) is 4.79 Å². The minimum atomic E-state index is -0.653. The molecule has 1 aromatic heterocycles. The molecule has 1 rings (SSSR count). The minimum Gasteiger partial charge on any atom is -0.399 e. The Bertz CT molecular complexity index is 211. The van der Waals surface area contributed by atoms with Gasteiger partial charge in [0.05, 0.1) is 5.33 Å². The lowest BCUT2D eigenvalue weighted by molar-refractivity contribution is 0.378. The van der Waals surface area contributed by atoms with Gasteiger partial charge in [0, 0.05) is 0 Å². The molecule has 3 nitrogen and oxygen atoms in total. The van der Waals surface area contributed by atoms with Gasteiger partial charge in [-0.2, -0.15) is 0 Å². The van der Waals surface area contributed by atoms with Gasteiger partial charge in [-0.15, -0.1) is 0 Å². The molecule has 0 aromatic carbocycles. The summed E-state index contributed by atoms with van der Waals surface area (Å²) in [6.45, 7) is 0. The zero-order chi connectivity index (χ0) is 5.98. The van der Waals surface area contributed by atoms with E-state index in [0.29, 0.717) is 11.1 Å².